The molecule has 2 aromatic rings. The molecule has 0 saturated carbocycles. The summed E-state index contributed by atoms with van der Waals surface area (Å²) in [5.74, 6) is -0.295. The number of nitrogens with zero attached hydrogens (tertiary/aromatic N) is 3. The predicted octanol–water partition coefficient (Wildman–Crippen LogP) is 1.37. The van der Waals surface area contributed by atoms with Gasteiger partial charge in [-0.25, -0.2) is 0 Å². The molecular formula is C19H25N5O2. The number of nitrogens with one attached hydrogen (secondary N) is 2. The van der Waals surface area contributed by atoms with Gasteiger partial charge in [0.2, 0.25) is 5.91 Å². The number of hydrogen-bond acceptors (Lipinski definition) is 4. The number of hydrogen-bond donors (Lipinski definition) is 2. The molecule has 0 radical (unpaired) electrons. The van der Waals surface area contributed by atoms with Crippen LogP contribution in [0.25, 0.3) is 0 Å². The number of aromatic nitrogens is 2. The van der Waals surface area contributed by atoms with E-state index >= 15 is 0 Å². The van der Waals surface area contributed by atoms with E-state index in [0.717, 1.165) is 24.3 Å². The topological polar surface area (TPSA) is 79.3 Å². The Morgan fingerprint density at radius 2 is 1.96 bits per heavy atom. The molecule has 1 aromatic carbocycles. The smallest absolute Gasteiger partial charge is 0.250 e. The Bertz CT molecular complexity index is 749. The Morgan fingerprint density at radius 1 is 1.27 bits per heavy atom. The van der Waals surface area contributed by atoms with Crippen LogP contribution >= 0.6 is 0 Å². The minimum absolute atomic E-state index is 0.00313. The van der Waals surface area contributed by atoms with Crippen molar-refractivity contribution < 1.29 is 9.59 Å². The summed E-state index contributed by atoms with van der Waals surface area (Å²) in [6.07, 6.45) is 4.81. The lowest BCUT2D eigenvalue weighted by Crippen LogP contribution is -2.55. The fourth-order valence-corrected chi connectivity index (χ4v) is 3.38. The number of benzene rings is 1. The van der Waals surface area contributed by atoms with Gasteiger partial charge in [0.1, 0.15) is 5.54 Å². The molecule has 7 heteroatoms. The van der Waals surface area contributed by atoms with Gasteiger partial charge in [0.15, 0.2) is 0 Å². The molecule has 2 amide bonds. The summed E-state index contributed by atoms with van der Waals surface area (Å²) < 4.78 is 1.74. The van der Waals surface area contributed by atoms with Crippen LogP contribution in [0.5, 0.6) is 0 Å². The second-order valence-corrected chi connectivity index (χ2v) is 6.81. The zero-order valence-electron chi connectivity index (χ0n) is 15.2. The summed E-state index contributed by atoms with van der Waals surface area (Å²) in [6.45, 7) is 3.49. The van der Waals surface area contributed by atoms with E-state index in [0.29, 0.717) is 12.8 Å². The Hall–Kier alpha value is -2.67. The summed E-state index contributed by atoms with van der Waals surface area (Å²) in [5.41, 5.74) is 1.13. The van der Waals surface area contributed by atoms with Crippen molar-refractivity contribution >= 4 is 17.5 Å². The van der Waals surface area contributed by atoms with Crippen LogP contribution in [-0.2, 0) is 15.1 Å². The molecule has 0 aliphatic carbocycles. The fourth-order valence-electron chi connectivity index (χ4n) is 3.38. The number of piperidine rings is 1. The Kier molecular flexibility index (Phi) is 5.37. The second-order valence-electron chi connectivity index (χ2n) is 6.81. The molecule has 26 heavy (non-hydrogen) atoms. The van der Waals surface area contributed by atoms with Crippen LogP contribution in [0.15, 0.2) is 42.7 Å². The first-order chi connectivity index (χ1) is 12.5. The SMILES string of the molecule is Cc1ccc(NC(=O)CN(C)C(=O)C2(n3cccn3)CCNCC2)cc1. The van der Waals surface area contributed by atoms with Gasteiger partial charge in [-0.2, -0.15) is 5.10 Å². The Balaban J connectivity index is 1.69. The highest BCUT2D eigenvalue weighted by atomic mass is 16.2. The van der Waals surface area contributed by atoms with Crippen LogP contribution < -0.4 is 10.6 Å². The Labute approximate surface area is 153 Å². The number of carbonyl (C=O) groups excluding carboxylic acids is 2. The summed E-state index contributed by atoms with van der Waals surface area (Å²) in [4.78, 5) is 27.1. The van der Waals surface area contributed by atoms with Gasteiger partial charge in [-0.15, -0.1) is 0 Å². The molecule has 0 unspecified atom stereocenters. The largest absolute Gasteiger partial charge is 0.334 e. The molecule has 2 N–H and O–H groups in total. The van der Waals surface area contributed by atoms with E-state index < -0.39 is 5.54 Å². The maximum Gasteiger partial charge on any atom is 0.250 e. The van der Waals surface area contributed by atoms with E-state index in [4.69, 9.17) is 0 Å². The van der Waals surface area contributed by atoms with E-state index in [1.54, 1.807) is 17.9 Å². The van der Waals surface area contributed by atoms with Crippen LogP contribution in [0, 0.1) is 6.92 Å². The normalized spacial score (nSPS) is 16.1. The molecule has 3 rings (SSSR count). The molecule has 1 aliphatic heterocycles. The quantitative estimate of drug-likeness (QED) is 0.849. The molecule has 0 atom stereocenters. The molecule has 0 spiro atoms. The molecule has 1 saturated heterocycles. The van der Waals surface area contributed by atoms with E-state index in [1.165, 1.54) is 4.90 Å². The zero-order valence-corrected chi connectivity index (χ0v) is 15.2. The average molecular weight is 355 g/mol. The molecule has 0 bridgehead atoms. The summed E-state index contributed by atoms with van der Waals surface area (Å²) in [6, 6.07) is 9.40. The first kappa shape index (κ1) is 18.1. The van der Waals surface area contributed by atoms with Gasteiger partial charge < -0.3 is 15.5 Å². The minimum atomic E-state index is -0.729. The Morgan fingerprint density at radius 3 is 2.58 bits per heavy atom. The number of aryl methyl sites for hydroxylation is 1. The zero-order chi connectivity index (χ0) is 18.6. The van der Waals surface area contributed by atoms with Crippen molar-refractivity contribution in [3.8, 4) is 0 Å². The maximum absolute atomic E-state index is 13.2. The molecule has 1 aliphatic rings. The highest BCUT2D eigenvalue weighted by Crippen LogP contribution is 2.29. The highest BCUT2D eigenvalue weighted by Gasteiger charge is 2.43. The lowest BCUT2D eigenvalue weighted by atomic mass is 9.87. The van der Waals surface area contributed by atoms with Gasteiger partial charge in [-0.3, -0.25) is 14.3 Å². The van der Waals surface area contributed by atoms with E-state index in [9.17, 15) is 9.59 Å². The summed E-state index contributed by atoms with van der Waals surface area (Å²) >= 11 is 0. The van der Waals surface area contributed by atoms with Crippen LogP contribution in [-0.4, -0.2) is 53.2 Å². The van der Waals surface area contributed by atoms with Crippen LogP contribution in [0.4, 0.5) is 5.69 Å². The minimum Gasteiger partial charge on any atom is -0.334 e. The third-order valence-corrected chi connectivity index (χ3v) is 4.83. The van der Waals surface area contributed by atoms with Crippen LogP contribution in [0.1, 0.15) is 18.4 Å². The van der Waals surface area contributed by atoms with Gasteiger partial charge in [0.05, 0.1) is 6.54 Å². The lowest BCUT2D eigenvalue weighted by molar-refractivity contribution is -0.143. The standard InChI is InChI=1S/C19H25N5O2/c1-15-4-6-16(7-5-15)22-17(25)14-23(2)18(26)19(8-11-20-12-9-19)24-13-3-10-21-24/h3-7,10,13,20H,8-9,11-12,14H2,1-2H3,(H,22,25). The maximum atomic E-state index is 13.2. The van der Waals surface area contributed by atoms with E-state index in [2.05, 4.69) is 15.7 Å². The molecule has 7 nitrogen and oxygen atoms in total. The van der Waals surface area contributed by atoms with E-state index in [-0.39, 0.29) is 18.4 Å². The number of rotatable bonds is 5. The van der Waals surface area contributed by atoms with Crippen molar-refractivity contribution in [1.82, 2.24) is 20.0 Å². The molecule has 138 valence electrons. The first-order valence-electron chi connectivity index (χ1n) is 8.84. The molecule has 1 fully saturated rings. The van der Waals surface area contributed by atoms with Crippen molar-refractivity contribution in [3.63, 3.8) is 0 Å². The van der Waals surface area contributed by atoms with Gasteiger partial charge in [-0.05, 0) is 51.1 Å². The molecular weight excluding hydrogens is 330 g/mol. The highest BCUT2D eigenvalue weighted by molar-refractivity contribution is 5.95. The van der Waals surface area contributed by atoms with E-state index in [1.807, 2.05) is 43.5 Å². The third kappa shape index (κ3) is 3.77. The van der Waals surface area contributed by atoms with Gasteiger partial charge in [0, 0.05) is 25.1 Å². The lowest BCUT2D eigenvalue weighted by Gasteiger charge is -2.39. The van der Waals surface area contributed by atoms with Gasteiger partial charge in [0.25, 0.3) is 5.91 Å². The van der Waals surface area contributed by atoms with Crippen molar-refractivity contribution in [2.45, 2.75) is 25.3 Å². The third-order valence-electron chi connectivity index (χ3n) is 4.83. The first-order valence-corrected chi connectivity index (χ1v) is 8.84. The number of likely N-dealkylation sites (N-methyl/N-ethyl adjacent to an activating group) is 1. The summed E-state index contributed by atoms with van der Waals surface area (Å²) in [5, 5.41) is 10.4. The summed E-state index contributed by atoms with van der Waals surface area (Å²) in [7, 11) is 1.67. The van der Waals surface area contributed by atoms with Crippen molar-refractivity contribution in [2.75, 3.05) is 32.0 Å². The van der Waals surface area contributed by atoms with Crippen molar-refractivity contribution in [1.29, 1.82) is 0 Å². The fraction of sp³-hybridized carbons (Fsp3) is 0.421. The average Bonchev–Trinajstić information content (AvgIpc) is 3.19. The second kappa shape index (κ2) is 7.70. The van der Waals surface area contributed by atoms with Crippen LogP contribution in [0.2, 0.25) is 0 Å². The number of amides is 2. The number of carbonyl (C=O) groups is 2. The molecule has 2 heterocycles. The van der Waals surface area contributed by atoms with Gasteiger partial charge >= 0.3 is 0 Å². The van der Waals surface area contributed by atoms with Crippen molar-refractivity contribution in [3.05, 3.63) is 48.3 Å². The molecule has 1 aromatic heterocycles. The monoisotopic (exact) mass is 355 g/mol. The number of anilines is 1. The predicted molar refractivity (Wildman–Crippen MR) is 99.8 cm³/mol. The van der Waals surface area contributed by atoms with Crippen molar-refractivity contribution in [2.24, 2.45) is 0 Å². The van der Waals surface area contributed by atoms with Crippen LogP contribution in [0.3, 0.4) is 0 Å². The van der Waals surface area contributed by atoms with Gasteiger partial charge in [-0.1, -0.05) is 17.7 Å².